The second-order valence-electron chi connectivity index (χ2n) is 5.66. The molecule has 0 spiro atoms. The second kappa shape index (κ2) is 9.88. The molecule has 2 atom stereocenters. The van der Waals surface area contributed by atoms with Crippen LogP contribution >= 0.6 is 23.2 Å². The highest BCUT2D eigenvalue weighted by atomic mass is 35.5. The summed E-state index contributed by atoms with van der Waals surface area (Å²) in [5.74, 6) is -0.792. The third kappa shape index (κ3) is 5.79. The Morgan fingerprint density at radius 1 is 1.19 bits per heavy atom. The molecule has 1 amide bonds. The van der Waals surface area contributed by atoms with Crippen LogP contribution in [0.2, 0.25) is 10.0 Å². The summed E-state index contributed by atoms with van der Waals surface area (Å²) >= 11 is 12.0. The van der Waals surface area contributed by atoms with Crippen molar-refractivity contribution in [3.8, 4) is 0 Å². The Morgan fingerprint density at radius 3 is 2.56 bits per heavy atom. The van der Waals surface area contributed by atoms with Crippen molar-refractivity contribution in [3.63, 3.8) is 0 Å². The summed E-state index contributed by atoms with van der Waals surface area (Å²) in [5, 5.41) is 3.64. The van der Waals surface area contributed by atoms with Gasteiger partial charge in [-0.05, 0) is 36.8 Å². The van der Waals surface area contributed by atoms with Crippen LogP contribution in [0.5, 0.6) is 0 Å². The Morgan fingerprint density at radius 2 is 1.89 bits per heavy atom. The van der Waals surface area contributed by atoms with Crippen LogP contribution in [0.1, 0.15) is 35.8 Å². The molecule has 5 nitrogen and oxygen atoms in total. The number of hydrogen-bond acceptors (Lipinski definition) is 4. The number of nitrogens with one attached hydrogen (secondary N) is 1. The van der Waals surface area contributed by atoms with Crippen LogP contribution in [0.4, 0.5) is 0 Å². The van der Waals surface area contributed by atoms with Crippen LogP contribution in [-0.4, -0.2) is 28.4 Å². The van der Waals surface area contributed by atoms with Crippen molar-refractivity contribution in [2.24, 2.45) is 0 Å². The molecular weight excluding hydrogens is 409 g/mol. The lowest BCUT2D eigenvalue weighted by Crippen LogP contribution is -2.31. The quantitative estimate of drug-likeness (QED) is 0.673. The highest BCUT2D eigenvalue weighted by molar-refractivity contribution is 7.85. The predicted molar refractivity (Wildman–Crippen MR) is 107 cm³/mol. The number of hydrogen-bond donors (Lipinski definition) is 1. The average Bonchev–Trinajstić information content (AvgIpc) is 2.65. The van der Waals surface area contributed by atoms with Gasteiger partial charge in [-0.15, -0.1) is 0 Å². The smallest absolute Gasteiger partial charge is 0.339 e. The Labute approximate surface area is 170 Å². The molecule has 2 rings (SSSR count). The molecule has 0 fully saturated rings. The topological polar surface area (TPSA) is 72.5 Å². The van der Waals surface area contributed by atoms with Gasteiger partial charge in [-0.1, -0.05) is 48.3 Å². The van der Waals surface area contributed by atoms with E-state index >= 15 is 0 Å². The van der Waals surface area contributed by atoms with Crippen molar-refractivity contribution < 1.29 is 18.5 Å². The van der Waals surface area contributed by atoms with Crippen LogP contribution < -0.4 is 5.32 Å². The first-order valence-electron chi connectivity index (χ1n) is 8.22. The Balaban J connectivity index is 1.97. The first-order valence-corrected chi connectivity index (χ1v) is 10.3. The highest BCUT2D eigenvalue weighted by Gasteiger charge is 2.18. The van der Waals surface area contributed by atoms with E-state index in [9.17, 15) is 13.8 Å². The van der Waals surface area contributed by atoms with Gasteiger partial charge in [0.15, 0.2) is 6.61 Å². The molecule has 27 heavy (non-hydrogen) atoms. The van der Waals surface area contributed by atoms with E-state index in [-0.39, 0.29) is 11.6 Å². The van der Waals surface area contributed by atoms with Crippen molar-refractivity contribution in [1.82, 2.24) is 5.32 Å². The summed E-state index contributed by atoms with van der Waals surface area (Å²) in [6.07, 6.45) is 0. The van der Waals surface area contributed by atoms with E-state index in [1.54, 1.807) is 50.2 Å². The summed E-state index contributed by atoms with van der Waals surface area (Å²) in [6.45, 7) is 3.06. The monoisotopic (exact) mass is 427 g/mol. The molecule has 8 heteroatoms. The van der Waals surface area contributed by atoms with Crippen LogP contribution in [0.15, 0.2) is 47.4 Å². The standard InChI is InChI=1S/C19H19Cl2NO4S/c1-3-27(25)17-7-5-4-6-15(17)19(24)26-11-18(23)22-12(2)14-9-8-13(20)10-16(14)21/h4-10,12H,3,11H2,1-2H3,(H,22,23). The molecule has 0 aliphatic carbocycles. The molecule has 0 saturated heterocycles. The van der Waals surface area contributed by atoms with Gasteiger partial charge in [-0.25, -0.2) is 4.79 Å². The minimum Gasteiger partial charge on any atom is -0.452 e. The average molecular weight is 428 g/mol. The van der Waals surface area contributed by atoms with Gasteiger partial charge in [-0.3, -0.25) is 9.00 Å². The molecule has 0 heterocycles. The number of halogens is 2. The lowest BCUT2D eigenvalue weighted by atomic mass is 10.1. The fourth-order valence-corrected chi connectivity index (χ4v) is 3.92. The Bertz CT molecular complexity index is 873. The van der Waals surface area contributed by atoms with E-state index in [1.807, 2.05) is 0 Å². The normalized spacial score (nSPS) is 12.9. The number of carbonyl (C=O) groups excluding carboxylic acids is 2. The summed E-state index contributed by atoms with van der Waals surface area (Å²) < 4.78 is 17.1. The van der Waals surface area contributed by atoms with Gasteiger partial charge in [0, 0.05) is 15.8 Å². The third-order valence-electron chi connectivity index (χ3n) is 3.76. The molecule has 144 valence electrons. The summed E-state index contributed by atoms with van der Waals surface area (Å²) in [5.41, 5.74) is 0.892. The van der Waals surface area contributed by atoms with Gasteiger partial charge in [0.25, 0.3) is 5.91 Å². The Kier molecular flexibility index (Phi) is 7.83. The van der Waals surface area contributed by atoms with Crippen LogP contribution in [-0.2, 0) is 20.3 Å². The van der Waals surface area contributed by atoms with Gasteiger partial charge in [-0.2, -0.15) is 0 Å². The maximum atomic E-state index is 12.3. The highest BCUT2D eigenvalue weighted by Crippen LogP contribution is 2.26. The predicted octanol–water partition coefficient (Wildman–Crippen LogP) is 4.16. The number of amides is 1. The zero-order valence-electron chi connectivity index (χ0n) is 14.8. The number of benzene rings is 2. The SMILES string of the molecule is CCS(=O)c1ccccc1C(=O)OCC(=O)NC(C)c1ccc(Cl)cc1Cl. The fourth-order valence-electron chi connectivity index (χ4n) is 2.41. The number of rotatable bonds is 7. The molecule has 0 bridgehead atoms. The summed E-state index contributed by atoms with van der Waals surface area (Å²) in [7, 11) is -1.30. The maximum absolute atomic E-state index is 12.3. The minimum atomic E-state index is -1.30. The first kappa shape index (κ1) is 21.4. The lowest BCUT2D eigenvalue weighted by molar-refractivity contribution is -0.124. The minimum absolute atomic E-state index is 0.194. The Hall–Kier alpha value is -1.89. The summed E-state index contributed by atoms with van der Waals surface area (Å²) in [6, 6.07) is 11.1. The van der Waals surface area contributed by atoms with Crippen LogP contribution in [0, 0.1) is 0 Å². The van der Waals surface area contributed by atoms with Gasteiger partial charge < -0.3 is 10.1 Å². The van der Waals surface area contributed by atoms with Gasteiger partial charge >= 0.3 is 5.97 Å². The van der Waals surface area contributed by atoms with E-state index in [4.69, 9.17) is 27.9 Å². The molecule has 0 radical (unpaired) electrons. The van der Waals surface area contributed by atoms with E-state index in [0.717, 1.165) is 0 Å². The first-order chi connectivity index (χ1) is 12.8. The van der Waals surface area contributed by atoms with Gasteiger partial charge in [0.1, 0.15) is 0 Å². The lowest BCUT2D eigenvalue weighted by Gasteiger charge is -2.16. The van der Waals surface area contributed by atoms with E-state index in [2.05, 4.69) is 5.32 Å². The molecule has 0 aliphatic heterocycles. The largest absolute Gasteiger partial charge is 0.452 e. The van der Waals surface area contributed by atoms with Crippen molar-refractivity contribution in [2.75, 3.05) is 12.4 Å². The molecule has 0 aliphatic rings. The zero-order chi connectivity index (χ0) is 20.0. The molecular formula is C19H19Cl2NO4S. The van der Waals surface area contributed by atoms with Crippen LogP contribution in [0.25, 0.3) is 0 Å². The van der Waals surface area contributed by atoms with Crippen molar-refractivity contribution in [3.05, 3.63) is 63.6 Å². The van der Waals surface area contributed by atoms with E-state index in [0.29, 0.717) is 26.3 Å². The number of ether oxygens (including phenoxy) is 1. The fraction of sp³-hybridized carbons (Fsp3) is 0.263. The van der Waals surface area contributed by atoms with Crippen molar-refractivity contribution in [1.29, 1.82) is 0 Å². The maximum Gasteiger partial charge on any atom is 0.339 e. The second-order valence-corrected chi connectivity index (χ2v) is 8.21. The van der Waals surface area contributed by atoms with Gasteiger partial charge in [0.2, 0.25) is 0 Å². The number of esters is 1. The van der Waals surface area contributed by atoms with Crippen molar-refractivity contribution >= 4 is 45.9 Å². The van der Waals surface area contributed by atoms with Crippen molar-refractivity contribution in [2.45, 2.75) is 24.8 Å². The summed E-state index contributed by atoms with van der Waals surface area (Å²) in [4.78, 5) is 24.8. The third-order valence-corrected chi connectivity index (χ3v) is 5.69. The number of carbonyl (C=O) groups is 2. The van der Waals surface area contributed by atoms with E-state index in [1.165, 1.54) is 6.07 Å². The molecule has 2 unspecified atom stereocenters. The molecule has 0 saturated carbocycles. The zero-order valence-corrected chi connectivity index (χ0v) is 17.2. The van der Waals surface area contributed by atoms with E-state index < -0.39 is 29.3 Å². The van der Waals surface area contributed by atoms with Crippen LogP contribution in [0.3, 0.4) is 0 Å². The van der Waals surface area contributed by atoms with Gasteiger partial charge in [0.05, 0.1) is 27.3 Å². The molecule has 0 aromatic heterocycles. The molecule has 1 N–H and O–H groups in total. The molecule has 2 aromatic rings. The molecule has 2 aromatic carbocycles.